The van der Waals surface area contributed by atoms with Gasteiger partial charge in [0.1, 0.15) is 5.82 Å². The van der Waals surface area contributed by atoms with E-state index in [1.165, 1.54) is 16.7 Å². The number of nitrogens with two attached hydrogens (primary N) is 1. The third kappa shape index (κ3) is 3.92. The summed E-state index contributed by atoms with van der Waals surface area (Å²) in [7, 11) is 0. The first-order valence-corrected chi connectivity index (χ1v) is 8.28. The number of pyridine rings is 1. The van der Waals surface area contributed by atoms with Gasteiger partial charge in [-0.15, -0.1) is 0 Å². The fourth-order valence-corrected chi connectivity index (χ4v) is 3.27. The molecule has 1 saturated heterocycles. The fourth-order valence-electron chi connectivity index (χ4n) is 3.27. The molecule has 3 rings (SSSR count). The molecule has 0 saturated carbocycles. The topological polar surface area (TPSA) is 62.5 Å². The van der Waals surface area contributed by atoms with E-state index in [1.54, 1.807) is 6.20 Å². The summed E-state index contributed by atoms with van der Waals surface area (Å²) in [6, 6.07) is 10.3. The van der Waals surface area contributed by atoms with Crippen molar-refractivity contribution < 1.29 is 4.79 Å². The van der Waals surface area contributed by atoms with Gasteiger partial charge in [-0.3, -0.25) is 9.69 Å². The summed E-state index contributed by atoms with van der Waals surface area (Å²) in [5, 5.41) is 0. The summed E-state index contributed by atoms with van der Waals surface area (Å²) in [6.45, 7) is 7.56. The minimum atomic E-state index is 0.169. The number of aromatic nitrogens is 1. The van der Waals surface area contributed by atoms with Crippen LogP contribution in [0.3, 0.4) is 0 Å². The van der Waals surface area contributed by atoms with Crippen molar-refractivity contribution in [2.45, 2.75) is 26.9 Å². The van der Waals surface area contributed by atoms with E-state index in [4.69, 9.17) is 5.73 Å². The molecule has 0 bridgehead atoms. The van der Waals surface area contributed by atoms with Gasteiger partial charge < -0.3 is 10.6 Å². The predicted octanol–water partition coefficient (Wildman–Crippen LogP) is 2.13. The highest BCUT2D eigenvalue weighted by Crippen LogP contribution is 2.16. The molecule has 0 radical (unpaired) electrons. The molecule has 1 aromatic carbocycles. The largest absolute Gasteiger partial charge is 0.383 e. The van der Waals surface area contributed by atoms with E-state index >= 15 is 0 Å². The molecular formula is C19H24N4O. The number of amides is 1. The first-order valence-electron chi connectivity index (χ1n) is 8.28. The molecule has 0 spiro atoms. The number of anilines is 1. The van der Waals surface area contributed by atoms with Crippen LogP contribution in [0.15, 0.2) is 36.5 Å². The smallest absolute Gasteiger partial charge is 0.237 e. The Morgan fingerprint density at radius 3 is 2.54 bits per heavy atom. The standard InChI is InChI=1S/C19H24N4O/c1-14-8-15(2)10-16(9-14)11-23-7-6-22(13-18(23)24)12-17-4-3-5-21-19(17)20/h3-5,8-10H,6-7,11-13H2,1-2H3,(H2,20,21). The van der Waals surface area contributed by atoms with Crippen molar-refractivity contribution in [2.24, 2.45) is 0 Å². The maximum Gasteiger partial charge on any atom is 0.237 e. The maximum atomic E-state index is 12.5. The van der Waals surface area contributed by atoms with Crippen LogP contribution in [0.1, 0.15) is 22.3 Å². The molecule has 0 atom stereocenters. The van der Waals surface area contributed by atoms with Crippen molar-refractivity contribution in [3.05, 3.63) is 58.8 Å². The minimum Gasteiger partial charge on any atom is -0.383 e. The first kappa shape index (κ1) is 16.5. The van der Waals surface area contributed by atoms with Crippen LogP contribution in [0.4, 0.5) is 5.82 Å². The van der Waals surface area contributed by atoms with Crippen LogP contribution in [-0.4, -0.2) is 40.3 Å². The summed E-state index contributed by atoms with van der Waals surface area (Å²) in [5.74, 6) is 0.713. The molecule has 1 aliphatic rings. The van der Waals surface area contributed by atoms with Gasteiger partial charge in [-0.2, -0.15) is 0 Å². The molecule has 5 heteroatoms. The van der Waals surface area contributed by atoms with Gasteiger partial charge in [-0.05, 0) is 25.5 Å². The third-order valence-electron chi connectivity index (χ3n) is 4.37. The van der Waals surface area contributed by atoms with Gasteiger partial charge in [0.25, 0.3) is 0 Å². The molecule has 0 unspecified atom stereocenters. The van der Waals surface area contributed by atoms with Crippen LogP contribution < -0.4 is 5.73 Å². The summed E-state index contributed by atoms with van der Waals surface area (Å²) in [6.07, 6.45) is 1.69. The van der Waals surface area contributed by atoms with E-state index < -0.39 is 0 Å². The SMILES string of the molecule is Cc1cc(C)cc(CN2CCN(Cc3cccnc3N)CC2=O)c1. The minimum absolute atomic E-state index is 0.169. The average Bonchev–Trinajstić information content (AvgIpc) is 2.51. The number of carbonyl (C=O) groups is 1. The Morgan fingerprint density at radius 2 is 1.88 bits per heavy atom. The van der Waals surface area contributed by atoms with Crippen LogP contribution in [0.5, 0.6) is 0 Å². The quantitative estimate of drug-likeness (QED) is 0.936. The average molecular weight is 324 g/mol. The molecule has 2 N–H and O–H groups in total. The molecule has 24 heavy (non-hydrogen) atoms. The van der Waals surface area contributed by atoms with Crippen LogP contribution in [-0.2, 0) is 17.9 Å². The number of hydrogen-bond acceptors (Lipinski definition) is 4. The number of nitrogen functional groups attached to an aromatic ring is 1. The lowest BCUT2D eigenvalue weighted by molar-refractivity contribution is -0.136. The molecule has 126 valence electrons. The van der Waals surface area contributed by atoms with E-state index in [-0.39, 0.29) is 5.91 Å². The molecule has 1 amide bonds. The first-order chi connectivity index (χ1) is 11.5. The van der Waals surface area contributed by atoms with Crippen molar-refractivity contribution in [3.63, 3.8) is 0 Å². The van der Waals surface area contributed by atoms with Crippen LogP contribution >= 0.6 is 0 Å². The van der Waals surface area contributed by atoms with E-state index in [0.717, 1.165) is 18.7 Å². The third-order valence-corrected chi connectivity index (χ3v) is 4.37. The van der Waals surface area contributed by atoms with E-state index in [2.05, 4.69) is 41.9 Å². The zero-order valence-corrected chi connectivity index (χ0v) is 14.3. The second kappa shape index (κ2) is 7.01. The van der Waals surface area contributed by atoms with Gasteiger partial charge in [0.2, 0.25) is 5.91 Å². The highest BCUT2D eigenvalue weighted by molar-refractivity contribution is 5.79. The van der Waals surface area contributed by atoms with E-state index in [0.29, 0.717) is 25.5 Å². The van der Waals surface area contributed by atoms with Crippen LogP contribution in [0, 0.1) is 13.8 Å². The highest BCUT2D eigenvalue weighted by Gasteiger charge is 2.24. The molecule has 5 nitrogen and oxygen atoms in total. The second-order valence-electron chi connectivity index (χ2n) is 6.57. The van der Waals surface area contributed by atoms with Gasteiger partial charge in [0.05, 0.1) is 6.54 Å². The van der Waals surface area contributed by atoms with Crippen molar-refractivity contribution in [1.82, 2.24) is 14.8 Å². The van der Waals surface area contributed by atoms with Crippen molar-refractivity contribution in [3.8, 4) is 0 Å². The number of rotatable bonds is 4. The lowest BCUT2D eigenvalue weighted by Gasteiger charge is -2.34. The fraction of sp³-hybridized carbons (Fsp3) is 0.368. The Kier molecular flexibility index (Phi) is 4.81. The Labute approximate surface area is 143 Å². The Bertz CT molecular complexity index is 724. The van der Waals surface area contributed by atoms with Gasteiger partial charge in [0, 0.05) is 37.9 Å². The van der Waals surface area contributed by atoms with Gasteiger partial charge in [-0.1, -0.05) is 35.4 Å². The second-order valence-corrected chi connectivity index (χ2v) is 6.57. The number of piperazine rings is 1. The molecule has 2 heterocycles. The van der Waals surface area contributed by atoms with Crippen molar-refractivity contribution >= 4 is 11.7 Å². The predicted molar refractivity (Wildman–Crippen MR) is 95.3 cm³/mol. The lowest BCUT2D eigenvalue weighted by Crippen LogP contribution is -2.49. The van der Waals surface area contributed by atoms with Crippen LogP contribution in [0.25, 0.3) is 0 Å². The monoisotopic (exact) mass is 324 g/mol. The van der Waals surface area contributed by atoms with Crippen molar-refractivity contribution in [1.29, 1.82) is 0 Å². The van der Waals surface area contributed by atoms with E-state index in [9.17, 15) is 4.79 Å². The number of benzene rings is 1. The molecule has 2 aromatic rings. The summed E-state index contributed by atoms with van der Waals surface area (Å²) < 4.78 is 0. The molecular weight excluding hydrogens is 300 g/mol. The van der Waals surface area contributed by atoms with Crippen LogP contribution in [0.2, 0.25) is 0 Å². The Morgan fingerprint density at radius 1 is 1.12 bits per heavy atom. The molecule has 1 aliphatic heterocycles. The number of aryl methyl sites for hydroxylation is 2. The number of hydrogen-bond donors (Lipinski definition) is 1. The number of carbonyl (C=O) groups excluding carboxylic acids is 1. The normalized spacial score (nSPS) is 15.8. The number of nitrogens with zero attached hydrogens (tertiary/aromatic N) is 3. The van der Waals surface area contributed by atoms with Gasteiger partial charge in [-0.25, -0.2) is 4.98 Å². The zero-order chi connectivity index (χ0) is 17.1. The Balaban J connectivity index is 1.61. The zero-order valence-electron chi connectivity index (χ0n) is 14.3. The highest BCUT2D eigenvalue weighted by atomic mass is 16.2. The maximum absolute atomic E-state index is 12.5. The van der Waals surface area contributed by atoms with Crippen molar-refractivity contribution in [2.75, 3.05) is 25.4 Å². The molecule has 1 aromatic heterocycles. The molecule has 1 fully saturated rings. The Hall–Kier alpha value is -2.40. The summed E-state index contributed by atoms with van der Waals surface area (Å²) >= 11 is 0. The molecule has 0 aliphatic carbocycles. The van der Waals surface area contributed by atoms with Gasteiger partial charge in [0.15, 0.2) is 0 Å². The van der Waals surface area contributed by atoms with E-state index in [1.807, 2.05) is 17.0 Å². The lowest BCUT2D eigenvalue weighted by atomic mass is 10.1. The van der Waals surface area contributed by atoms with Gasteiger partial charge >= 0.3 is 0 Å². The summed E-state index contributed by atoms with van der Waals surface area (Å²) in [5.41, 5.74) is 10.6. The summed E-state index contributed by atoms with van der Waals surface area (Å²) in [4.78, 5) is 20.7.